The van der Waals surface area contributed by atoms with Crippen molar-refractivity contribution >= 4 is 43.2 Å². The van der Waals surface area contributed by atoms with Gasteiger partial charge in [0.25, 0.3) is 10.0 Å². The predicted octanol–water partition coefficient (Wildman–Crippen LogP) is 4.24. The molecule has 7 heteroatoms. The average molecular weight is 405 g/mol. The number of sulfonamides is 1. The van der Waals surface area contributed by atoms with Crippen molar-refractivity contribution < 1.29 is 13.2 Å². The van der Waals surface area contributed by atoms with Crippen molar-refractivity contribution in [2.45, 2.75) is 11.8 Å². The quantitative estimate of drug-likeness (QED) is 0.765. The first-order valence-electron chi connectivity index (χ1n) is 6.36. The molecule has 2 aromatic rings. The highest BCUT2D eigenvalue weighted by Crippen LogP contribution is 2.32. The van der Waals surface area contributed by atoms with Crippen LogP contribution >= 0.6 is 27.5 Å². The van der Waals surface area contributed by atoms with E-state index in [9.17, 15) is 8.42 Å². The molecule has 0 aliphatic carbocycles. The van der Waals surface area contributed by atoms with Crippen LogP contribution in [0.4, 0.5) is 5.69 Å². The molecule has 0 radical (unpaired) electrons. The normalized spacial score (nSPS) is 11.3. The summed E-state index contributed by atoms with van der Waals surface area (Å²) in [4.78, 5) is 0.169. The molecule has 0 saturated carbocycles. The number of halogens is 2. The minimum atomic E-state index is -3.69. The molecule has 0 spiro atoms. The molecule has 0 aliphatic heterocycles. The van der Waals surface area contributed by atoms with Gasteiger partial charge in [-0.2, -0.15) is 0 Å². The molecule has 0 bridgehead atoms. The van der Waals surface area contributed by atoms with E-state index in [4.69, 9.17) is 16.3 Å². The summed E-state index contributed by atoms with van der Waals surface area (Å²) in [6, 6.07) is 9.80. The van der Waals surface area contributed by atoms with Crippen LogP contribution in [0.15, 0.2) is 45.8 Å². The molecule has 0 aromatic heterocycles. The lowest BCUT2D eigenvalue weighted by Crippen LogP contribution is -2.27. The second-order valence-corrected chi connectivity index (χ2v) is 7.88. The van der Waals surface area contributed by atoms with Crippen molar-refractivity contribution in [2.75, 3.05) is 18.5 Å². The summed E-state index contributed by atoms with van der Waals surface area (Å²) in [5, 5.41) is 0.524. The van der Waals surface area contributed by atoms with Gasteiger partial charge < -0.3 is 4.74 Å². The second kappa shape index (κ2) is 6.48. The van der Waals surface area contributed by atoms with E-state index in [1.165, 1.54) is 30.6 Å². The van der Waals surface area contributed by atoms with E-state index in [0.29, 0.717) is 26.5 Å². The lowest BCUT2D eigenvalue weighted by molar-refractivity contribution is 0.411. The molecule has 4 nitrogen and oxygen atoms in total. The van der Waals surface area contributed by atoms with E-state index >= 15 is 0 Å². The van der Waals surface area contributed by atoms with E-state index in [-0.39, 0.29) is 4.90 Å². The molecular formula is C15H15BrClNO3S. The van der Waals surface area contributed by atoms with Crippen LogP contribution in [0.2, 0.25) is 5.02 Å². The van der Waals surface area contributed by atoms with Crippen molar-refractivity contribution in [3.8, 4) is 5.75 Å². The first-order valence-corrected chi connectivity index (χ1v) is 8.97. The van der Waals surface area contributed by atoms with Crippen LogP contribution in [0, 0.1) is 6.92 Å². The Labute approximate surface area is 143 Å². The van der Waals surface area contributed by atoms with Gasteiger partial charge in [-0.05, 0) is 58.7 Å². The average Bonchev–Trinajstić information content (AvgIpc) is 2.49. The number of anilines is 1. The second-order valence-electron chi connectivity index (χ2n) is 4.65. The molecule has 0 unspecified atom stereocenters. The molecule has 0 heterocycles. The van der Waals surface area contributed by atoms with Gasteiger partial charge in [-0.1, -0.05) is 17.7 Å². The Hall–Kier alpha value is -1.24. The Morgan fingerprint density at radius 2 is 1.91 bits per heavy atom. The van der Waals surface area contributed by atoms with E-state index in [0.717, 1.165) is 0 Å². The highest BCUT2D eigenvalue weighted by molar-refractivity contribution is 9.10. The number of hydrogen-bond donors (Lipinski definition) is 0. The molecule has 0 amide bonds. The van der Waals surface area contributed by atoms with Crippen LogP contribution in [-0.2, 0) is 10.0 Å². The smallest absolute Gasteiger partial charge is 0.264 e. The molecule has 0 N–H and O–H groups in total. The van der Waals surface area contributed by atoms with Crippen LogP contribution in [0.5, 0.6) is 5.75 Å². The summed E-state index contributed by atoms with van der Waals surface area (Å²) < 4.78 is 32.5. The first-order chi connectivity index (χ1) is 10.3. The minimum Gasteiger partial charge on any atom is -0.496 e. The van der Waals surface area contributed by atoms with Crippen molar-refractivity contribution in [1.29, 1.82) is 0 Å². The third-order valence-corrected chi connectivity index (χ3v) is 6.16. The monoisotopic (exact) mass is 403 g/mol. The van der Waals surface area contributed by atoms with Crippen molar-refractivity contribution in [3.63, 3.8) is 0 Å². The van der Waals surface area contributed by atoms with Crippen molar-refractivity contribution in [1.82, 2.24) is 0 Å². The van der Waals surface area contributed by atoms with Gasteiger partial charge in [0.1, 0.15) is 5.75 Å². The topological polar surface area (TPSA) is 46.6 Å². The number of benzene rings is 2. The third-order valence-electron chi connectivity index (χ3n) is 3.36. The van der Waals surface area contributed by atoms with Crippen LogP contribution in [0.1, 0.15) is 5.56 Å². The number of methoxy groups -OCH3 is 1. The fourth-order valence-corrected chi connectivity index (χ4v) is 4.17. The molecule has 2 aromatic carbocycles. The Morgan fingerprint density at radius 1 is 1.23 bits per heavy atom. The van der Waals surface area contributed by atoms with Crippen molar-refractivity contribution in [3.05, 3.63) is 51.5 Å². The summed E-state index contributed by atoms with van der Waals surface area (Å²) in [5.74, 6) is 0.570. The zero-order valence-electron chi connectivity index (χ0n) is 12.3. The SMILES string of the molecule is COc1ccc(S(=O)(=O)N(C)c2cccc(Cl)c2C)cc1Br. The molecular weight excluding hydrogens is 390 g/mol. The number of hydrogen-bond acceptors (Lipinski definition) is 3. The van der Waals surface area contributed by atoms with E-state index in [1.54, 1.807) is 31.2 Å². The lowest BCUT2D eigenvalue weighted by atomic mass is 10.2. The third kappa shape index (κ3) is 3.09. The summed E-state index contributed by atoms with van der Waals surface area (Å²) in [6.45, 7) is 1.79. The maximum atomic E-state index is 12.8. The van der Waals surface area contributed by atoms with Gasteiger partial charge in [-0.25, -0.2) is 8.42 Å². The fraction of sp³-hybridized carbons (Fsp3) is 0.200. The molecule has 0 aliphatic rings. The van der Waals surface area contributed by atoms with Gasteiger partial charge in [0.05, 0.1) is 22.2 Å². The molecule has 0 saturated heterocycles. The molecule has 2 rings (SSSR count). The molecule has 0 atom stereocenters. The van der Waals surface area contributed by atoms with Gasteiger partial charge >= 0.3 is 0 Å². The maximum Gasteiger partial charge on any atom is 0.264 e. The van der Waals surface area contributed by atoms with Gasteiger partial charge in [0.2, 0.25) is 0 Å². The summed E-state index contributed by atoms with van der Waals surface area (Å²) in [6.07, 6.45) is 0. The minimum absolute atomic E-state index is 0.169. The Morgan fingerprint density at radius 3 is 2.50 bits per heavy atom. The summed E-state index contributed by atoms with van der Waals surface area (Å²) in [5.41, 5.74) is 1.25. The van der Waals surface area contributed by atoms with E-state index < -0.39 is 10.0 Å². The van der Waals surface area contributed by atoms with E-state index in [2.05, 4.69) is 15.9 Å². The Balaban J connectivity index is 2.50. The van der Waals surface area contributed by atoms with E-state index in [1.807, 2.05) is 0 Å². The zero-order valence-corrected chi connectivity index (χ0v) is 15.5. The molecule has 118 valence electrons. The highest BCUT2D eigenvalue weighted by Gasteiger charge is 2.24. The maximum absolute atomic E-state index is 12.8. The molecule has 22 heavy (non-hydrogen) atoms. The van der Waals surface area contributed by atoms with Crippen LogP contribution < -0.4 is 9.04 Å². The standard InChI is InChI=1S/C15H15BrClNO3S/c1-10-13(17)5-4-6-14(10)18(2)22(19,20)11-7-8-15(21-3)12(16)9-11/h4-9H,1-3H3. The largest absolute Gasteiger partial charge is 0.496 e. The summed E-state index contributed by atoms with van der Waals surface area (Å²) in [7, 11) is -0.660. The Kier molecular flexibility index (Phi) is 5.04. The van der Waals surface area contributed by atoms with Crippen molar-refractivity contribution in [2.24, 2.45) is 0 Å². The van der Waals surface area contributed by atoms with Gasteiger partial charge in [-0.15, -0.1) is 0 Å². The van der Waals surface area contributed by atoms with Crippen LogP contribution in [0.3, 0.4) is 0 Å². The fourth-order valence-electron chi connectivity index (χ4n) is 2.03. The zero-order chi connectivity index (χ0) is 16.5. The highest BCUT2D eigenvalue weighted by atomic mass is 79.9. The number of nitrogens with zero attached hydrogens (tertiary/aromatic N) is 1. The molecule has 0 fully saturated rings. The van der Waals surface area contributed by atoms with Crippen LogP contribution in [0.25, 0.3) is 0 Å². The number of ether oxygens (including phenoxy) is 1. The summed E-state index contributed by atoms with van der Waals surface area (Å²) >= 11 is 9.38. The van der Waals surface area contributed by atoms with Gasteiger partial charge in [0.15, 0.2) is 0 Å². The van der Waals surface area contributed by atoms with Gasteiger partial charge in [0, 0.05) is 12.1 Å². The predicted molar refractivity (Wildman–Crippen MR) is 92.5 cm³/mol. The van der Waals surface area contributed by atoms with Gasteiger partial charge in [-0.3, -0.25) is 4.31 Å². The van der Waals surface area contributed by atoms with Crippen LogP contribution in [-0.4, -0.2) is 22.6 Å². The lowest BCUT2D eigenvalue weighted by Gasteiger charge is -2.22. The first kappa shape index (κ1) is 17.1. The number of rotatable bonds is 4. The Bertz CT molecular complexity index is 808.